The van der Waals surface area contributed by atoms with Crippen LogP contribution in [0.2, 0.25) is 0 Å². The van der Waals surface area contributed by atoms with Crippen molar-refractivity contribution in [2.45, 2.75) is 83.1 Å². The summed E-state index contributed by atoms with van der Waals surface area (Å²) in [7, 11) is 0. The summed E-state index contributed by atoms with van der Waals surface area (Å²) in [6, 6.07) is 6.05. The molecule has 2 aromatic rings. The van der Waals surface area contributed by atoms with Crippen molar-refractivity contribution in [3.63, 3.8) is 0 Å². The van der Waals surface area contributed by atoms with E-state index in [2.05, 4.69) is 15.5 Å². The molecule has 1 fully saturated rings. The van der Waals surface area contributed by atoms with Gasteiger partial charge in [-0.05, 0) is 72.7 Å². The Hall–Kier alpha value is -2.48. The number of fused-ring (bicyclic) bond motifs is 1. The predicted molar refractivity (Wildman–Crippen MR) is 126 cm³/mol. The number of hydrogen-bond donors (Lipinski definition) is 0. The highest BCUT2D eigenvalue weighted by molar-refractivity contribution is 6.18. The number of aromatic nitrogens is 4. The van der Waals surface area contributed by atoms with Crippen LogP contribution in [0, 0.1) is 0 Å². The summed E-state index contributed by atoms with van der Waals surface area (Å²) in [6.07, 6.45) is 10.6. The lowest BCUT2D eigenvalue weighted by atomic mass is 9.95. The van der Waals surface area contributed by atoms with Crippen molar-refractivity contribution in [1.82, 2.24) is 20.2 Å². The third-order valence-electron chi connectivity index (χ3n) is 6.47. The van der Waals surface area contributed by atoms with Gasteiger partial charge in [-0.3, -0.25) is 14.5 Å². The van der Waals surface area contributed by atoms with Gasteiger partial charge in [0, 0.05) is 25.1 Å². The molecule has 0 unspecified atom stereocenters. The molecule has 2 heterocycles. The van der Waals surface area contributed by atoms with Crippen molar-refractivity contribution >= 4 is 29.1 Å². The maximum absolute atomic E-state index is 12.5. The van der Waals surface area contributed by atoms with E-state index in [-0.39, 0.29) is 18.2 Å². The Morgan fingerprint density at radius 2 is 1.97 bits per heavy atom. The number of ether oxygens (including phenoxy) is 1. The van der Waals surface area contributed by atoms with Gasteiger partial charge in [0.15, 0.2) is 5.82 Å². The zero-order valence-electron chi connectivity index (χ0n) is 19.0. The van der Waals surface area contributed by atoms with E-state index in [1.54, 1.807) is 0 Å². The van der Waals surface area contributed by atoms with Crippen LogP contribution >= 0.6 is 11.6 Å². The standard InChI is InChI=1S/C24H32ClN5O3/c25-15-6-10-23(31)29-21-13-12-20(17-18(21)11-14-24(29)32)33-16-5-4-9-22-26-27-28-30(22)19-7-2-1-3-8-19/h12-13,17,19H,1-11,14-16H2. The second-order valence-electron chi connectivity index (χ2n) is 8.84. The molecule has 0 saturated heterocycles. The van der Waals surface area contributed by atoms with Crippen LogP contribution < -0.4 is 9.64 Å². The van der Waals surface area contributed by atoms with Crippen LogP contribution in [0.15, 0.2) is 18.2 Å². The molecule has 1 aliphatic carbocycles. The summed E-state index contributed by atoms with van der Waals surface area (Å²) in [5, 5.41) is 12.4. The maximum atomic E-state index is 12.5. The van der Waals surface area contributed by atoms with Crippen molar-refractivity contribution < 1.29 is 14.3 Å². The van der Waals surface area contributed by atoms with Crippen molar-refractivity contribution in [2.75, 3.05) is 17.4 Å². The van der Waals surface area contributed by atoms with Gasteiger partial charge in [0.2, 0.25) is 11.8 Å². The number of carbonyl (C=O) groups excluding carboxylic acids is 2. The number of carbonyl (C=O) groups is 2. The van der Waals surface area contributed by atoms with Crippen molar-refractivity contribution in [3.8, 4) is 5.75 Å². The van der Waals surface area contributed by atoms with E-state index in [0.717, 1.165) is 36.4 Å². The molecule has 178 valence electrons. The quantitative estimate of drug-likeness (QED) is 0.375. The lowest BCUT2D eigenvalue weighted by molar-refractivity contribution is -0.126. The number of tetrazole rings is 1. The molecule has 2 amide bonds. The van der Waals surface area contributed by atoms with Gasteiger partial charge in [0.05, 0.1) is 18.3 Å². The fraction of sp³-hybridized carbons (Fsp3) is 0.625. The van der Waals surface area contributed by atoms with Crippen LogP contribution in [0.1, 0.15) is 81.6 Å². The van der Waals surface area contributed by atoms with Crippen LogP contribution in [0.4, 0.5) is 5.69 Å². The molecular formula is C24H32ClN5O3. The van der Waals surface area contributed by atoms with Crippen LogP contribution in [0.3, 0.4) is 0 Å². The Balaban J connectivity index is 1.27. The van der Waals surface area contributed by atoms with Gasteiger partial charge in [-0.1, -0.05) is 19.3 Å². The fourth-order valence-electron chi connectivity index (χ4n) is 4.72. The van der Waals surface area contributed by atoms with Gasteiger partial charge in [0.25, 0.3) is 0 Å². The number of hydrogen-bond acceptors (Lipinski definition) is 6. The van der Waals surface area contributed by atoms with E-state index in [1.165, 1.54) is 37.0 Å². The average molecular weight is 474 g/mol. The molecule has 0 N–H and O–H groups in total. The largest absolute Gasteiger partial charge is 0.494 e. The normalized spacial score (nSPS) is 16.6. The number of alkyl halides is 1. The van der Waals surface area contributed by atoms with Crippen LogP contribution in [-0.2, 0) is 22.4 Å². The van der Waals surface area contributed by atoms with E-state index in [0.29, 0.717) is 43.5 Å². The number of aryl methyl sites for hydroxylation is 2. The highest BCUT2D eigenvalue weighted by Crippen LogP contribution is 2.32. The molecule has 0 bridgehead atoms. The average Bonchev–Trinajstić information content (AvgIpc) is 3.31. The van der Waals surface area contributed by atoms with Crippen molar-refractivity contribution in [3.05, 3.63) is 29.6 Å². The molecule has 1 saturated carbocycles. The fourth-order valence-corrected chi connectivity index (χ4v) is 4.86. The van der Waals surface area contributed by atoms with Crippen molar-refractivity contribution in [1.29, 1.82) is 0 Å². The number of imide groups is 1. The molecule has 2 aliphatic rings. The van der Waals surface area contributed by atoms with E-state index < -0.39 is 0 Å². The minimum absolute atomic E-state index is 0.147. The summed E-state index contributed by atoms with van der Waals surface area (Å²) in [6.45, 7) is 0.598. The highest BCUT2D eigenvalue weighted by Gasteiger charge is 2.29. The third-order valence-corrected chi connectivity index (χ3v) is 6.74. The molecule has 9 heteroatoms. The van der Waals surface area contributed by atoms with E-state index in [4.69, 9.17) is 16.3 Å². The Kier molecular flexibility index (Phi) is 8.31. The number of nitrogens with zero attached hydrogens (tertiary/aromatic N) is 5. The first-order valence-corrected chi connectivity index (χ1v) is 12.6. The van der Waals surface area contributed by atoms with E-state index in [9.17, 15) is 9.59 Å². The minimum Gasteiger partial charge on any atom is -0.494 e. The summed E-state index contributed by atoms with van der Waals surface area (Å²) >= 11 is 5.70. The van der Waals surface area contributed by atoms with Gasteiger partial charge in [-0.15, -0.1) is 16.7 Å². The predicted octanol–water partition coefficient (Wildman–Crippen LogP) is 4.40. The van der Waals surface area contributed by atoms with Crippen LogP contribution in [-0.4, -0.2) is 44.5 Å². The molecule has 33 heavy (non-hydrogen) atoms. The molecule has 1 aromatic heterocycles. The van der Waals surface area contributed by atoms with Crippen LogP contribution in [0.5, 0.6) is 5.75 Å². The van der Waals surface area contributed by atoms with Gasteiger partial charge in [-0.25, -0.2) is 4.68 Å². The first-order valence-electron chi connectivity index (χ1n) is 12.1. The lowest BCUT2D eigenvalue weighted by Crippen LogP contribution is -2.40. The molecule has 1 aromatic carbocycles. The zero-order valence-corrected chi connectivity index (χ0v) is 19.8. The van der Waals surface area contributed by atoms with Gasteiger partial charge < -0.3 is 4.74 Å². The monoisotopic (exact) mass is 473 g/mol. The van der Waals surface area contributed by atoms with Gasteiger partial charge >= 0.3 is 0 Å². The van der Waals surface area contributed by atoms with E-state index in [1.807, 2.05) is 22.9 Å². The number of amides is 2. The molecule has 4 rings (SSSR count). The minimum atomic E-state index is -0.189. The SMILES string of the molecule is O=C(CCCCl)N1C(=O)CCc2cc(OCCCCc3nnnn3C3CCCCC3)ccc21. The second kappa shape index (κ2) is 11.6. The number of anilines is 1. The Labute approximate surface area is 199 Å². The second-order valence-corrected chi connectivity index (χ2v) is 9.22. The first kappa shape index (κ1) is 23.7. The maximum Gasteiger partial charge on any atom is 0.234 e. The van der Waals surface area contributed by atoms with Gasteiger partial charge in [-0.2, -0.15) is 0 Å². The van der Waals surface area contributed by atoms with E-state index >= 15 is 0 Å². The van der Waals surface area contributed by atoms with Crippen LogP contribution in [0.25, 0.3) is 0 Å². The number of benzene rings is 1. The smallest absolute Gasteiger partial charge is 0.234 e. The summed E-state index contributed by atoms with van der Waals surface area (Å²) in [4.78, 5) is 26.1. The highest BCUT2D eigenvalue weighted by atomic mass is 35.5. The Bertz CT molecular complexity index is 957. The van der Waals surface area contributed by atoms with Gasteiger partial charge in [0.1, 0.15) is 5.75 Å². The third kappa shape index (κ3) is 5.91. The Morgan fingerprint density at radius 3 is 2.79 bits per heavy atom. The van der Waals surface area contributed by atoms with Crippen molar-refractivity contribution in [2.24, 2.45) is 0 Å². The number of unbranched alkanes of at least 4 members (excludes halogenated alkanes) is 1. The summed E-state index contributed by atoms with van der Waals surface area (Å²) in [5.41, 5.74) is 1.64. The molecule has 0 spiro atoms. The lowest BCUT2D eigenvalue weighted by Gasteiger charge is -2.28. The topological polar surface area (TPSA) is 90.2 Å². The molecule has 0 radical (unpaired) electrons. The first-order chi connectivity index (χ1) is 16.2. The molecule has 8 nitrogen and oxygen atoms in total. The molecule has 1 aliphatic heterocycles. The Morgan fingerprint density at radius 1 is 1.12 bits per heavy atom. The zero-order chi connectivity index (χ0) is 23.0. The molecular weight excluding hydrogens is 442 g/mol. The molecule has 0 atom stereocenters. The summed E-state index contributed by atoms with van der Waals surface area (Å²) < 4.78 is 7.99. The number of halogens is 1. The summed E-state index contributed by atoms with van der Waals surface area (Å²) in [5.74, 6) is 1.81. The number of rotatable bonds is 10.